The van der Waals surface area contributed by atoms with Crippen LogP contribution in [0.4, 0.5) is 0 Å². The molecule has 3 aromatic carbocycles. The van der Waals surface area contributed by atoms with Crippen LogP contribution in [-0.2, 0) is 10.0 Å². The van der Waals surface area contributed by atoms with Gasteiger partial charge < -0.3 is 4.74 Å². The second-order valence-electron chi connectivity index (χ2n) is 6.26. The number of methoxy groups -OCH3 is 1. The van der Waals surface area contributed by atoms with E-state index in [2.05, 4.69) is 5.10 Å². The maximum absolute atomic E-state index is 13.2. The minimum Gasteiger partial charge on any atom is -0.497 e. The summed E-state index contributed by atoms with van der Waals surface area (Å²) < 4.78 is 32.7. The van der Waals surface area contributed by atoms with Gasteiger partial charge in [0.2, 0.25) is 0 Å². The van der Waals surface area contributed by atoms with E-state index >= 15 is 0 Å². The highest BCUT2D eigenvalue weighted by Gasteiger charge is 2.23. The minimum absolute atomic E-state index is 0.211. The van der Waals surface area contributed by atoms with Crippen LogP contribution in [-0.4, -0.2) is 24.7 Å². The third kappa shape index (κ3) is 2.98. The zero-order valence-electron chi connectivity index (χ0n) is 15.0. The molecule has 0 spiro atoms. The van der Waals surface area contributed by atoms with E-state index in [9.17, 15) is 8.42 Å². The highest BCUT2D eigenvalue weighted by atomic mass is 32.2. The molecular weight excluding hydrogens is 360 g/mol. The highest BCUT2D eigenvalue weighted by Crippen LogP contribution is 2.31. The largest absolute Gasteiger partial charge is 0.497 e. The number of hydrogen-bond acceptors (Lipinski definition) is 4. The number of fused-ring (bicyclic) bond motifs is 1. The molecule has 1 heterocycles. The zero-order chi connectivity index (χ0) is 19.0. The summed E-state index contributed by atoms with van der Waals surface area (Å²) >= 11 is 0. The Hall–Kier alpha value is -3.12. The van der Waals surface area contributed by atoms with E-state index in [1.54, 1.807) is 37.4 Å². The first-order valence-electron chi connectivity index (χ1n) is 8.45. The van der Waals surface area contributed by atoms with Gasteiger partial charge in [-0.15, -0.1) is 0 Å². The molecule has 0 aliphatic heterocycles. The monoisotopic (exact) mass is 378 g/mol. The Balaban J connectivity index is 1.93. The van der Waals surface area contributed by atoms with E-state index in [0.717, 1.165) is 26.3 Å². The Kier molecular flexibility index (Phi) is 4.20. The van der Waals surface area contributed by atoms with Gasteiger partial charge in [-0.25, -0.2) is 0 Å². The lowest BCUT2D eigenvalue weighted by molar-refractivity contribution is 0.415. The Bertz CT molecular complexity index is 1210. The summed E-state index contributed by atoms with van der Waals surface area (Å²) in [7, 11) is -2.20. The van der Waals surface area contributed by atoms with E-state index in [0.29, 0.717) is 11.2 Å². The Morgan fingerprint density at radius 2 is 1.56 bits per heavy atom. The third-order valence-electron chi connectivity index (χ3n) is 4.47. The molecule has 0 bridgehead atoms. The fourth-order valence-electron chi connectivity index (χ4n) is 2.99. The van der Waals surface area contributed by atoms with Gasteiger partial charge in [-0.05, 0) is 49.4 Å². The molecule has 5 nitrogen and oxygen atoms in total. The van der Waals surface area contributed by atoms with Crippen LogP contribution in [0.15, 0.2) is 77.7 Å². The van der Waals surface area contributed by atoms with Crippen LogP contribution in [0.3, 0.4) is 0 Å². The summed E-state index contributed by atoms with van der Waals surface area (Å²) in [6.45, 7) is 1.92. The fraction of sp³-hybridized carbons (Fsp3) is 0.0952. The summed E-state index contributed by atoms with van der Waals surface area (Å²) in [4.78, 5) is 0.211. The molecule has 136 valence electrons. The molecule has 0 radical (unpaired) electrons. The molecule has 0 atom stereocenters. The van der Waals surface area contributed by atoms with E-state index in [1.165, 1.54) is 0 Å². The average molecular weight is 378 g/mol. The van der Waals surface area contributed by atoms with Gasteiger partial charge in [0.25, 0.3) is 10.0 Å². The predicted octanol–water partition coefficient (Wildman–Crippen LogP) is 4.26. The predicted molar refractivity (Wildman–Crippen MR) is 105 cm³/mol. The topological polar surface area (TPSA) is 61.2 Å². The fourth-order valence-corrected chi connectivity index (χ4v) is 4.28. The summed E-state index contributed by atoms with van der Waals surface area (Å²) in [6.07, 6.45) is 0. The van der Waals surface area contributed by atoms with Crippen LogP contribution in [0.2, 0.25) is 0 Å². The van der Waals surface area contributed by atoms with Crippen LogP contribution in [0.5, 0.6) is 5.75 Å². The molecule has 0 aliphatic carbocycles. The molecule has 0 N–H and O–H groups in total. The molecule has 0 fully saturated rings. The van der Waals surface area contributed by atoms with Gasteiger partial charge in [-0.2, -0.15) is 17.6 Å². The number of aryl methyl sites for hydroxylation is 1. The third-order valence-corrected chi connectivity index (χ3v) is 6.07. The first kappa shape index (κ1) is 17.3. The van der Waals surface area contributed by atoms with Crippen LogP contribution < -0.4 is 4.74 Å². The Labute approximate surface area is 157 Å². The van der Waals surface area contributed by atoms with E-state index in [1.807, 2.05) is 49.4 Å². The van der Waals surface area contributed by atoms with Crippen molar-refractivity contribution in [1.29, 1.82) is 0 Å². The molecule has 0 saturated carbocycles. The summed E-state index contributed by atoms with van der Waals surface area (Å²) in [5.74, 6) is 0.731. The molecule has 1 aromatic heterocycles. The van der Waals surface area contributed by atoms with E-state index in [-0.39, 0.29) is 4.90 Å². The first-order chi connectivity index (χ1) is 13.0. The van der Waals surface area contributed by atoms with Crippen molar-refractivity contribution in [2.24, 2.45) is 0 Å². The van der Waals surface area contributed by atoms with Crippen molar-refractivity contribution >= 4 is 20.9 Å². The van der Waals surface area contributed by atoms with E-state index < -0.39 is 10.0 Å². The van der Waals surface area contributed by atoms with Gasteiger partial charge in [0.05, 0.1) is 17.5 Å². The van der Waals surface area contributed by atoms with Crippen molar-refractivity contribution in [2.45, 2.75) is 11.8 Å². The molecular formula is C21H18N2O3S. The average Bonchev–Trinajstić information content (AvgIpc) is 3.09. The molecule has 0 unspecified atom stereocenters. The van der Waals surface area contributed by atoms with Crippen molar-refractivity contribution in [2.75, 3.05) is 7.11 Å². The number of aromatic nitrogens is 2. The number of para-hydroxylation sites is 1. The number of hydrogen-bond donors (Lipinski definition) is 0. The Morgan fingerprint density at radius 3 is 2.22 bits per heavy atom. The zero-order valence-corrected chi connectivity index (χ0v) is 15.8. The van der Waals surface area contributed by atoms with Gasteiger partial charge in [-0.1, -0.05) is 35.9 Å². The van der Waals surface area contributed by atoms with E-state index in [4.69, 9.17) is 4.74 Å². The number of nitrogens with zero attached hydrogens (tertiary/aromatic N) is 2. The number of rotatable bonds is 4. The van der Waals surface area contributed by atoms with Crippen molar-refractivity contribution in [3.8, 4) is 17.0 Å². The quantitative estimate of drug-likeness (QED) is 0.532. The lowest BCUT2D eigenvalue weighted by Gasteiger charge is -2.06. The molecule has 4 aromatic rings. The second-order valence-corrected chi connectivity index (χ2v) is 8.02. The van der Waals surface area contributed by atoms with Gasteiger partial charge in [0.1, 0.15) is 11.4 Å². The van der Waals surface area contributed by atoms with Gasteiger partial charge in [0, 0.05) is 10.9 Å². The van der Waals surface area contributed by atoms with Crippen molar-refractivity contribution < 1.29 is 13.2 Å². The smallest absolute Gasteiger partial charge is 0.283 e. The summed E-state index contributed by atoms with van der Waals surface area (Å²) in [6, 6.07) is 21.5. The number of ether oxygens (including phenoxy) is 1. The second kappa shape index (κ2) is 6.55. The van der Waals surface area contributed by atoms with Crippen molar-refractivity contribution in [3.05, 3.63) is 78.4 Å². The van der Waals surface area contributed by atoms with Crippen molar-refractivity contribution in [3.63, 3.8) is 0 Å². The summed E-state index contributed by atoms with van der Waals surface area (Å²) in [5.41, 5.74) is 2.98. The SMILES string of the molecule is COc1ccc(-c2nn(S(=O)(=O)c3ccc(C)cc3)c3ccccc23)cc1. The lowest BCUT2D eigenvalue weighted by Crippen LogP contribution is -2.14. The molecule has 4 rings (SSSR count). The normalized spacial score (nSPS) is 11.6. The van der Waals surface area contributed by atoms with Crippen LogP contribution in [0.25, 0.3) is 22.2 Å². The standard InChI is InChI=1S/C21H18N2O3S/c1-15-7-13-18(14-8-15)27(24,25)23-20-6-4-3-5-19(20)21(22-23)16-9-11-17(26-2)12-10-16/h3-14H,1-2H3. The van der Waals surface area contributed by atoms with Crippen LogP contribution in [0.1, 0.15) is 5.56 Å². The van der Waals surface area contributed by atoms with Crippen molar-refractivity contribution in [1.82, 2.24) is 9.19 Å². The van der Waals surface area contributed by atoms with Gasteiger partial charge in [0.15, 0.2) is 0 Å². The molecule has 6 heteroatoms. The molecule has 0 saturated heterocycles. The number of benzene rings is 3. The minimum atomic E-state index is -3.80. The Morgan fingerprint density at radius 1 is 0.889 bits per heavy atom. The first-order valence-corrected chi connectivity index (χ1v) is 9.89. The molecule has 0 amide bonds. The maximum atomic E-state index is 13.2. The summed E-state index contributed by atoms with van der Waals surface area (Å²) in [5, 5.41) is 5.25. The highest BCUT2D eigenvalue weighted by molar-refractivity contribution is 7.90. The van der Waals surface area contributed by atoms with Crippen LogP contribution >= 0.6 is 0 Å². The molecule has 27 heavy (non-hydrogen) atoms. The lowest BCUT2D eigenvalue weighted by atomic mass is 10.1. The molecule has 0 aliphatic rings. The maximum Gasteiger partial charge on any atom is 0.283 e. The van der Waals surface area contributed by atoms with Gasteiger partial charge in [-0.3, -0.25) is 0 Å². The van der Waals surface area contributed by atoms with Gasteiger partial charge >= 0.3 is 0 Å². The van der Waals surface area contributed by atoms with Crippen LogP contribution in [0, 0.1) is 6.92 Å².